The SMILES string of the molecule is CCCCCCCCCCCCCC(=O)OC(CCCCCCC)CC(=O)O[C@H]1[C@H](OP(=O)(Oc2ccccc2)Oc2ccccc2)[C@@H](CO)OC(O)[C@@H]1NC(=O)CC(O)CCCCCCCCCCC. The van der Waals surface area contributed by atoms with Crippen LogP contribution in [0.1, 0.15) is 213 Å². The topological polar surface area (TPSA) is 196 Å². The number of unbranched alkanes of at least 4 members (excludes halogenated alkanes) is 22. The Morgan fingerprint density at radius 3 is 1.54 bits per heavy atom. The molecule has 1 fully saturated rings. The first kappa shape index (κ1) is 61.8. The van der Waals surface area contributed by atoms with E-state index in [1.165, 1.54) is 101 Å². The van der Waals surface area contributed by atoms with Crippen LogP contribution in [0.15, 0.2) is 60.7 Å². The van der Waals surface area contributed by atoms with E-state index < -0.39 is 75.1 Å². The van der Waals surface area contributed by atoms with Gasteiger partial charge in [0, 0.05) is 6.42 Å². The van der Waals surface area contributed by atoms with E-state index in [0.717, 1.165) is 70.6 Å². The van der Waals surface area contributed by atoms with Gasteiger partial charge in [0.1, 0.15) is 35.9 Å². The molecule has 1 saturated heterocycles. The lowest BCUT2D eigenvalue weighted by molar-refractivity contribution is -0.256. The molecule has 2 aromatic rings. The van der Waals surface area contributed by atoms with Gasteiger partial charge in [-0.1, -0.05) is 205 Å². The van der Waals surface area contributed by atoms with E-state index in [1.54, 1.807) is 36.4 Å². The average Bonchev–Trinajstić information content (AvgIpc) is 3.34. The zero-order valence-corrected chi connectivity index (χ0v) is 44.5. The highest BCUT2D eigenvalue weighted by atomic mass is 31.2. The van der Waals surface area contributed by atoms with Crippen molar-refractivity contribution in [2.45, 2.75) is 256 Å². The summed E-state index contributed by atoms with van der Waals surface area (Å²) in [6, 6.07) is 14.7. The number of rotatable bonds is 42. The monoisotopic (exact) mass is 1020 g/mol. The minimum absolute atomic E-state index is 0.111. The summed E-state index contributed by atoms with van der Waals surface area (Å²) >= 11 is 0. The second-order valence-electron chi connectivity index (χ2n) is 19.4. The third-order valence-electron chi connectivity index (χ3n) is 13.0. The molecule has 0 bridgehead atoms. The fourth-order valence-corrected chi connectivity index (χ4v) is 10.4. The van der Waals surface area contributed by atoms with Crippen molar-refractivity contribution < 1.29 is 62.1 Å². The van der Waals surface area contributed by atoms with Crippen LogP contribution in [0.2, 0.25) is 0 Å². The maximum atomic E-state index is 14.8. The predicted molar refractivity (Wildman–Crippen MR) is 278 cm³/mol. The Balaban J connectivity index is 1.81. The number of hydrogen-bond acceptors (Lipinski definition) is 13. The van der Waals surface area contributed by atoms with Gasteiger partial charge < -0.3 is 43.9 Å². The van der Waals surface area contributed by atoms with Crippen LogP contribution in [-0.4, -0.2) is 82.6 Å². The summed E-state index contributed by atoms with van der Waals surface area (Å²) in [5, 5.41) is 35.7. The molecule has 1 aliphatic rings. The lowest BCUT2D eigenvalue weighted by Crippen LogP contribution is -2.66. The highest BCUT2D eigenvalue weighted by molar-refractivity contribution is 7.49. The first-order chi connectivity index (χ1) is 34.5. The molecule has 1 amide bonds. The third kappa shape index (κ3) is 27.4. The summed E-state index contributed by atoms with van der Waals surface area (Å²) in [5.41, 5.74) is 0. The minimum Gasteiger partial charge on any atom is -0.462 e. The Kier molecular flexibility index (Phi) is 33.2. The first-order valence-electron chi connectivity index (χ1n) is 27.6. The smallest absolute Gasteiger partial charge is 0.462 e. The van der Waals surface area contributed by atoms with Gasteiger partial charge in [0.2, 0.25) is 5.91 Å². The fraction of sp³-hybridized carbons (Fsp3) is 0.732. The number of para-hydroxylation sites is 2. The van der Waals surface area contributed by atoms with E-state index in [9.17, 15) is 34.3 Å². The van der Waals surface area contributed by atoms with Gasteiger partial charge in [0.05, 0.1) is 25.6 Å². The van der Waals surface area contributed by atoms with Gasteiger partial charge in [-0.3, -0.25) is 18.9 Å². The molecule has 3 rings (SSSR count). The minimum atomic E-state index is -4.78. The van der Waals surface area contributed by atoms with E-state index in [0.29, 0.717) is 25.7 Å². The number of aliphatic hydroxyl groups is 3. The van der Waals surface area contributed by atoms with Gasteiger partial charge in [0.15, 0.2) is 12.4 Å². The second kappa shape index (κ2) is 38.1. The van der Waals surface area contributed by atoms with Crippen molar-refractivity contribution in [1.29, 1.82) is 0 Å². The van der Waals surface area contributed by atoms with Gasteiger partial charge in [-0.25, -0.2) is 4.57 Å². The number of carbonyl (C=O) groups is 3. The maximum Gasteiger partial charge on any atom is 0.588 e. The number of phosphoric ester groups is 1. The number of amides is 1. The molecule has 71 heavy (non-hydrogen) atoms. The molecule has 0 aliphatic carbocycles. The van der Waals surface area contributed by atoms with Crippen molar-refractivity contribution in [2.24, 2.45) is 0 Å². The Hall–Kier alpha value is -3.52. The van der Waals surface area contributed by atoms with Crippen molar-refractivity contribution in [1.82, 2.24) is 5.32 Å². The summed E-state index contributed by atoms with van der Waals surface area (Å²) in [7, 11) is -4.78. The molecule has 0 spiro atoms. The van der Waals surface area contributed by atoms with Gasteiger partial charge in [-0.15, -0.1) is 0 Å². The summed E-state index contributed by atoms with van der Waals surface area (Å²) in [6.07, 6.45) is 19.0. The van der Waals surface area contributed by atoms with Crippen LogP contribution in [0.3, 0.4) is 0 Å². The number of benzene rings is 2. The van der Waals surface area contributed by atoms with Gasteiger partial charge in [0.25, 0.3) is 0 Å². The van der Waals surface area contributed by atoms with Crippen molar-refractivity contribution in [3.05, 3.63) is 60.7 Å². The number of hydrogen-bond donors (Lipinski definition) is 4. The Labute approximate surface area is 426 Å². The molecular weight excluding hydrogens is 926 g/mol. The Morgan fingerprint density at radius 1 is 0.606 bits per heavy atom. The molecule has 15 heteroatoms. The van der Waals surface area contributed by atoms with Crippen LogP contribution in [0, 0.1) is 0 Å². The lowest BCUT2D eigenvalue weighted by atomic mass is 9.96. The summed E-state index contributed by atoms with van der Waals surface area (Å²) in [4.78, 5) is 41.2. The van der Waals surface area contributed by atoms with Crippen LogP contribution in [0.4, 0.5) is 0 Å². The van der Waals surface area contributed by atoms with Gasteiger partial charge in [-0.05, 0) is 49.9 Å². The van der Waals surface area contributed by atoms with Crippen molar-refractivity contribution in [3.63, 3.8) is 0 Å². The van der Waals surface area contributed by atoms with Crippen LogP contribution in [0.5, 0.6) is 11.5 Å². The van der Waals surface area contributed by atoms with Gasteiger partial charge >= 0.3 is 19.8 Å². The fourth-order valence-electron chi connectivity index (χ4n) is 8.91. The molecule has 14 nitrogen and oxygen atoms in total. The van der Waals surface area contributed by atoms with E-state index >= 15 is 0 Å². The molecule has 2 aromatic carbocycles. The highest BCUT2D eigenvalue weighted by Crippen LogP contribution is 2.52. The zero-order valence-electron chi connectivity index (χ0n) is 43.6. The molecule has 1 aliphatic heterocycles. The summed E-state index contributed by atoms with van der Waals surface area (Å²) in [6.45, 7) is 5.74. The second-order valence-corrected chi connectivity index (χ2v) is 20.9. The van der Waals surface area contributed by atoms with Gasteiger partial charge in [-0.2, -0.15) is 0 Å². The van der Waals surface area contributed by atoms with E-state index in [1.807, 2.05) is 0 Å². The number of esters is 2. The molecular formula is C56H92NO13P. The molecule has 0 radical (unpaired) electrons. The first-order valence-corrected chi connectivity index (χ1v) is 29.0. The van der Waals surface area contributed by atoms with E-state index in [-0.39, 0.29) is 30.8 Å². The number of ether oxygens (including phenoxy) is 3. The van der Waals surface area contributed by atoms with Crippen molar-refractivity contribution in [2.75, 3.05) is 6.61 Å². The number of carbonyl (C=O) groups excluding carboxylic acids is 3. The van der Waals surface area contributed by atoms with Crippen LogP contribution in [-0.2, 0) is 37.7 Å². The molecule has 4 N–H and O–H groups in total. The number of nitrogens with one attached hydrogen (secondary N) is 1. The van der Waals surface area contributed by atoms with Crippen LogP contribution in [0.25, 0.3) is 0 Å². The van der Waals surface area contributed by atoms with Crippen molar-refractivity contribution in [3.8, 4) is 11.5 Å². The number of aliphatic hydroxyl groups excluding tert-OH is 3. The normalized spacial score (nSPS) is 18.9. The van der Waals surface area contributed by atoms with Crippen LogP contribution < -0.4 is 14.4 Å². The van der Waals surface area contributed by atoms with E-state index in [2.05, 4.69) is 26.1 Å². The molecule has 0 aromatic heterocycles. The van der Waals surface area contributed by atoms with Crippen molar-refractivity contribution >= 4 is 25.7 Å². The third-order valence-corrected chi connectivity index (χ3v) is 14.4. The molecule has 0 saturated carbocycles. The largest absolute Gasteiger partial charge is 0.588 e. The molecule has 1 heterocycles. The van der Waals surface area contributed by atoms with Crippen LogP contribution >= 0.6 is 7.82 Å². The molecule has 3 unspecified atom stereocenters. The highest BCUT2D eigenvalue weighted by Gasteiger charge is 2.53. The maximum absolute atomic E-state index is 14.8. The Bertz CT molecular complexity index is 1680. The quantitative estimate of drug-likeness (QED) is 0.0279. The lowest BCUT2D eigenvalue weighted by Gasteiger charge is -2.44. The summed E-state index contributed by atoms with van der Waals surface area (Å²) < 4.78 is 50.6. The summed E-state index contributed by atoms with van der Waals surface area (Å²) in [5.74, 6) is -1.71. The van der Waals surface area contributed by atoms with E-state index in [4.69, 9.17) is 27.8 Å². The standard InChI is InChI=1S/C56H92NO13P/c1-4-7-10-13-15-17-18-20-22-25-34-41-51(61)65-48(40-29-23-12-9-6-3)43-52(62)67-55-53(57-50(60)42-45(59)35-28-24-21-19-16-14-11-8-5-2)56(63)66-49(44-58)54(55)70-71(64,68-46-36-30-26-31-37-46)69-47-38-32-27-33-39-47/h26-27,30-33,36-39,45,48-49,53-56,58-59,63H,4-25,28-29,34-35,40-44H2,1-3H3,(H,57,60)/t45?,48?,49-,53-,54-,55-,56?/m1/s1. The molecule has 404 valence electrons. The molecule has 7 atom stereocenters. The predicted octanol–water partition coefficient (Wildman–Crippen LogP) is 12.8. The number of phosphoric acid groups is 1. The zero-order chi connectivity index (χ0) is 51.4. The average molecular weight is 1020 g/mol. The Morgan fingerprint density at radius 2 is 1.06 bits per heavy atom.